The molecule has 0 heterocycles. The molecule has 0 aliphatic rings. The first kappa shape index (κ1) is 32.1. The Morgan fingerprint density at radius 1 is 0.902 bits per heavy atom. The summed E-state index contributed by atoms with van der Waals surface area (Å²) >= 11 is 7.46. The van der Waals surface area contributed by atoms with Gasteiger partial charge in [-0.3, -0.25) is 4.79 Å². The third kappa shape index (κ3) is 9.04. The minimum Gasteiger partial charge on any atom is -0.548 e. The van der Waals surface area contributed by atoms with Gasteiger partial charge in [0.25, 0.3) is 5.91 Å². The molecule has 4 aromatic rings. The van der Waals surface area contributed by atoms with Crippen LogP contribution in [0.5, 0.6) is 11.5 Å². The number of thioether (sulfide) groups is 1. The van der Waals surface area contributed by atoms with Gasteiger partial charge in [0.15, 0.2) is 0 Å². The fourth-order valence-electron chi connectivity index (χ4n) is 4.16. The zero-order valence-electron chi connectivity index (χ0n) is 23.2. The summed E-state index contributed by atoms with van der Waals surface area (Å²) < 4.78 is 5.86. The van der Waals surface area contributed by atoms with Gasteiger partial charge in [0, 0.05) is 10.6 Å². The summed E-state index contributed by atoms with van der Waals surface area (Å²) in [5.41, 5.74) is 4.92. The number of hydrogen-bond acceptors (Lipinski definition) is 5. The van der Waals surface area contributed by atoms with Gasteiger partial charge in [0.1, 0.15) is 11.5 Å². The second kappa shape index (κ2) is 15.6. The number of carboxylic acid groups (broad SMARTS) is 1. The molecule has 0 unspecified atom stereocenters. The van der Waals surface area contributed by atoms with E-state index >= 15 is 0 Å². The zero-order chi connectivity index (χ0) is 28.5. The number of aryl methyl sites for hydroxylation is 1. The van der Waals surface area contributed by atoms with E-state index in [-0.39, 0.29) is 18.9 Å². The maximum Gasteiger partial charge on any atom is 1.00 e. The Morgan fingerprint density at radius 2 is 1.51 bits per heavy atom. The standard InChI is InChI=1S/C33H30ClNO4S.Li/c1-22-5-3-4-6-28(22)30-21-24(11-18-29(30)32(36)35-31(33(37)38)19-20-40-2)8-7-23-9-14-26(15-10-23)39-27-16-12-25(34)13-17-27;/h3-18,21,31H,19-20H2,1-2H3,(H,35,36)(H,37,38);/q;+1/p-1/t31-;/m0./s1. The molecule has 4 rings (SSSR count). The molecule has 204 valence electrons. The van der Waals surface area contributed by atoms with Gasteiger partial charge < -0.3 is 20.0 Å². The number of carbonyl (C=O) groups excluding carboxylic acids is 2. The van der Waals surface area contributed by atoms with Crippen LogP contribution in [0.3, 0.4) is 0 Å². The maximum atomic E-state index is 13.3. The second-order valence-corrected chi connectivity index (χ2v) is 10.6. The molecule has 0 aliphatic heterocycles. The van der Waals surface area contributed by atoms with Gasteiger partial charge >= 0.3 is 18.9 Å². The summed E-state index contributed by atoms with van der Waals surface area (Å²) in [5.74, 6) is 0.283. The Morgan fingerprint density at radius 3 is 2.15 bits per heavy atom. The molecule has 1 N–H and O–H groups in total. The van der Waals surface area contributed by atoms with E-state index in [1.807, 2.05) is 98.1 Å². The third-order valence-corrected chi connectivity index (χ3v) is 7.22. The molecule has 0 saturated heterocycles. The summed E-state index contributed by atoms with van der Waals surface area (Å²) in [5, 5.41) is 14.9. The van der Waals surface area contributed by atoms with E-state index in [0.29, 0.717) is 34.3 Å². The van der Waals surface area contributed by atoms with E-state index in [9.17, 15) is 14.7 Å². The number of benzene rings is 4. The van der Waals surface area contributed by atoms with Crippen molar-refractivity contribution in [1.29, 1.82) is 0 Å². The quantitative estimate of drug-likeness (QED) is 0.216. The van der Waals surface area contributed by atoms with Crippen molar-refractivity contribution in [2.45, 2.75) is 19.4 Å². The van der Waals surface area contributed by atoms with Crippen molar-refractivity contribution in [3.8, 4) is 22.6 Å². The summed E-state index contributed by atoms with van der Waals surface area (Å²) in [4.78, 5) is 24.9. The van der Waals surface area contributed by atoms with Crippen molar-refractivity contribution in [1.82, 2.24) is 5.32 Å². The normalized spacial score (nSPS) is 11.5. The van der Waals surface area contributed by atoms with Gasteiger partial charge in [-0.2, -0.15) is 11.8 Å². The number of carbonyl (C=O) groups is 2. The average Bonchev–Trinajstić information content (AvgIpc) is 2.96. The van der Waals surface area contributed by atoms with E-state index in [0.717, 1.165) is 27.8 Å². The Hall–Kier alpha value is -3.40. The van der Waals surface area contributed by atoms with E-state index in [4.69, 9.17) is 16.3 Å². The maximum absolute atomic E-state index is 13.3. The van der Waals surface area contributed by atoms with Crippen LogP contribution in [0.4, 0.5) is 0 Å². The minimum absolute atomic E-state index is 0. The van der Waals surface area contributed by atoms with Gasteiger partial charge in [0.05, 0.1) is 12.0 Å². The van der Waals surface area contributed by atoms with Crippen molar-refractivity contribution in [3.63, 3.8) is 0 Å². The second-order valence-electron chi connectivity index (χ2n) is 9.20. The van der Waals surface area contributed by atoms with Crippen LogP contribution in [0.15, 0.2) is 91.0 Å². The third-order valence-electron chi connectivity index (χ3n) is 6.32. The van der Waals surface area contributed by atoms with Gasteiger partial charge in [-0.15, -0.1) is 0 Å². The molecule has 1 atom stereocenters. The number of halogens is 1. The molecule has 1 amide bonds. The predicted octanol–water partition coefficient (Wildman–Crippen LogP) is 3.88. The number of carboxylic acids is 1. The van der Waals surface area contributed by atoms with Crippen molar-refractivity contribution in [2.24, 2.45) is 0 Å². The molecule has 0 aromatic heterocycles. The number of amides is 1. The molecule has 0 spiro atoms. The number of ether oxygens (including phenoxy) is 1. The van der Waals surface area contributed by atoms with Crippen molar-refractivity contribution < 1.29 is 38.3 Å². The largest absolute Gasteiger partial charge is 1.00 e. The Bertz CT molecular complexity index is 1510. The molecule has 41 heavy (non-hydrogen) atoms. The van der Waals surface area contributed by atoms with Crippen LogP contribution >= 0.6 is 23.4 Å². The van der Waals surface area contributed by atoms with E-state index in [2.05, 4.69) is 5.32 Å². The molecule has 5 nitrogen and oxygen atoms in total. The van der Waals surface area contributed by atoms with E-state index in [1.165, 1.54) is 11.8 Å². The fourth-order valence-corrected chi connectivity index (χ4v) is 4.76. The van der Waals surface area contributed by atoms with Crippen LogP contribution in [-0.4, -0.2) is 29.9 Å². The van der Waals surface area contributed by atoms with Crippen LogP contribution in [0.2, 0.25) is 5.02 Å². The van der Waals surface area contributed by atoms with Crippen molar-refractivity contribution >= 4 is 47.4 Å². The van der Waals surface area contributed by atoms with E-state index < -0.39 is 17.9 Å². The average molecular weight is 578 g/mol. The summed E-state index contributed by atoms with van der Waals surface area (Å²) in [6, 6.07) is 27.2. The van der Waals surface area contributed by atoms with Crippen LogP contribution in [0, 0.1) is 6.92 Å². The van der Waals surface area contributed by atoms with E-state index in [1.54, 1.807) is 18.2 Å². The molecule has 0 radical (unpaired) electrons. The number of aliphatic carboxylic acids is 1. The van der Waals surface area contributed by atoms with Crippen LogP contribution in [0.1, 0.15) is 33.5 Å². The molecule has 0 saturated carbocycles. The molecule has 0 fully saturated rings. The van der Waals surface area contributed by atoms with Crippen molar-refractivity contribution in [2.75, 3.05) is 12.0 Å². The van der Waals surface area contributed by atoms with Gasteiger partial charge in [-0.25, -0.2) is 0 Å². The monoisotopic (exact) mass is 577 g/mol. The summed E-state index contributed by atoms with van der Waals surface area (Å²) in [6.07, 6.45) is 6.14. The molecular weight excluding hydrogens is 549 g/mol. The number of nitrogens with one attached hydrogen (secondary N) is 1. The molecular formula is C33H29ClLiNO4S. The number of rotatable bonds is 11. The first-order chi connectivity index (χ1) is 19.3. The molecule has 0 bridgehead atoms. The molecule has 8 heteroatoms. The van der Waals surface area contributed by atoms with Crippen LogP contribution in [-0.2, 0) is 4.79 Å². The predicted molar refractivity (Wildman–Crippen MR) is 163 cm³/mol. The first-order valence-corrected chi connectivity index (χ1v) is 14.5. The number of hydrogen-bond donors (Lipinski definition) is 1. The van der Waals surface area contributed by atoms with Crippen LogP contribution < -0.4 is 34.0 Å². The van der Waals surface area contributed by atoms with Crippen molar-refractivity contribution in [3.05, 3.63) is 118 Å². The zero-order valence-corrected chi connectivity index (χ0v) is 24.8. The SMILES string of the molecule is CSCC[C@H](NC(=O)c1ccc(C=Cc2ccc(Oc3ccc(Cl)cc3)cc2)cc1-c1ccccc1C)C(=O)[O-].[Li+]. The summed E-state index contributed by atoms with van der Waals surface area (Å²) in [7, 11) is 0. The molecule has 0 aliphatic carbocycles. The van der Waals surface area contributed by atoms with Gasteiger partial charge in [0.2, 0.25) is 0 Å². The fraction of sp³-hybridized carbons (Fsp3) is 0.152. The smallest absolute Gasteiger partial charge is 0.548 e. The topological polar surface area (TPSA) is 78.5 Å². The van der Waals surface area contributed by atoms with Gasteiger partial charge in [-0.05, 0) is 102 Å². The Kier molecular flexibility index (Phi) is 12.2. The minimum atomic E-state index is -1.29. The first-order valence-electron chi connectivity index (χ1n) is 12.8. The summed E-state index contributed by atoms with van der Waals surface area (Å²) in [6.45, 7) is 1.98. The Labute approximate surface area is 262 Å². The molecule has 4 aromatic carbocycles. The van der Waals surface area contributed by atoms with Crippen LogP contribution in [0.25, 0.3) is 23.3 Å². The van der Waals surface area contributed by atoms with Gasteiger partial charge in [-0.1, -0.05) is 66.2 Å². The Balaban J connectivity index is 0.00000462.